The van der Waals surface area contributed by atoms with Crippen LogP contribution in [0.15, 0.2) is 41.8 Å². The van der Waals surface area contributed by atoms with Crippen LogP contribution in [0.25, 0.3) is 10.8 Å². The molecule has 5 rings (SSSR count). The number of esters is 1. The number of H-pyrrole nitrogens is 1. The molecule has 3 aromatic rings. The number of rotatable bonds is 3. The maximum atomic E-state index is 12.8. The van der Waals surface area contributed by atoms with Gasteiger partial charge in [0.2, 0.25) is 11.8 Å². The lowest BCUT2D eigenvalue weighted by Gasteiger charge is -2.27. The van der Waals surface area contributed by atoms with Crippen molar-refractivity contribution in [2.24, 2.45) is 5.73 Å². The van der Waals surface area contributed by atoms with Crippen molar-refractivity contribution in [2.75, 3.05) is 6.61 Å². The number of hydrogen-bond acceptors (Lipinski definition) is 5. The van der Waals surface area contributed by atoms with Gasteiger partial charge in [0.25, 0.3) is 0 Å². The zero-order chi connectivity index (χ0) is 19.4. The lowest BCUT2D eigenvalue weighted by atomic mass is 9.81. The molecule has 1 unspecified atom stereocenters. The minimum absolute atomic E-state index is 0.0469. The number of aromatic amines is 1. The number of aromatic nitrogens is 2. The van der Waals surface area contributed by atoms with Crippen LogP contribution in [-0.4, -0.2) is 22.8 Å². The first kappa shape index (κ1) is 16.9. The van der Waals surface area contributed by atoms with E-state index in [0.29, 0.717) is 11.5 Å². The third-order valence-electron chi connectivity index (χ3n) is 5.73. The van der Waals surface area contributed by atoms with E-state index in [9.17, 15) is 4.79 Å². The van der Waals surface area contributed by atoms with E-state index in [-0.39, 0.29) is 12.5 Å². The number of nitrogens with one attached hydrogen (secondary N) is 1. The van der Waals surface area contributed by atoms with Crippen molar-refractivity contribution >= 4 is 16.7 Å². The van der Waals surface area contributed by atoms with Gasteiger partial charge in [-0.05, 0) is 54.2 Å². The second-order valence-electron chi connectivity index (χ2n) is 7.25. The molecule has 1 aliphatic carbocycles. The Labute approximate surface area is 162 Å². The topological polar surface area (TPSA) is 90.2 Å². The Hall–Kier alpha value is -3.28. The summed E-state index contributed by atoms with van der Waals surface area (Å²) in [4.78, 5) is 12.8. The van der Waals surface area contributed by atoms with Crippen LogP contribution in [0.5, 0.6) is 5.88 Å². The second-order valence-corrected chi connectivity index (χ2v) is 7.25. The Bertz CT molecular complexity index is 1150. The molecule has 2 aromatic carbocycles. The largest absolute Gasteiger partial charge is 0.462 e. The smallest absolute Gasteiger partial charge is 0.340 e. The van der Waals surface area contributed by atoms with E-state index in [1.54, 1.807) is 6.92 Å². The zero-order valence-corrected chi connectivity index (χ0v) is 15.8. The molecule has 2 aliphatic rings. The van der Waals surface area contributed by atoms with Crippen molar-refractivity contribution in [2.45, 2.75) is 32.6 Å². The molecule has 0 saturated heterocycles. The van der Waals surface area contributed by atoms with Crippen LogP contribution >= 0.6 is 0 Å². The molecule has 0 radical (unpaired) electrons. The molecular weight excluding hydrogens is 354 g/mol. The van der Waals surface area contributed by atoms with Crippen LogP contribution in [0.3, 0.4) is 0 Å². The molecule has 0 fully saturated rings. The Balaban J connectivity index is 1.81. The maximum Gasteiger partial charge on any atom is 0.340 e. The van der Waals surface area contributed by atoms with E-state index < -0.39 is 11.9 Å². The van der Waals surface area contributed by atoms with Crippen molar-refractivity contribution in [3.05, 3.63) is 69.7 Å². The first-order chi connectivity index (χ1) is 13.6. The van der Waals surface area contributed by atoms with E-state index in [1.807, 2.05) is 6.92 Å². The molecule has 0 spiro atoms. The molecule has 28 heavy (non-hydrogen) atoms. The molecule has 2 heterocycles. The van der Waals surface area contributed by atoms with Gasteiger partial charge < -0.3 is 15.2 Å². The summed E-state index contributed by atoms with van der Waals surface area (Å²) in [6.07, 6.45) is 2.09. The normalized spacial score (nSPS) is 17.6. The highest BCUT2D eigenvalue weighted by Gasteiger charge is 2.39. The van der Waals surface area contributed by atoms with E-state index >= 15 is 0 Å². The summed E-state index contributed by atoms with van der Waals surface area (Å²) in [7, 11) is 0. The van der Waals surface area contributed by atoms with Crippen LogP contribution in [0.1, 0.15) is 40.8 Å². The van der Waals surface area contributed by atoms with Gasteiger partial charge in [0.05, 0.1) is 12.5 Å². The minimum atomic E-state index is -0.459. The fourth-order valence-electron chi connectivity index (χ4n) is 4.54. The van der Waals surface area contributed by atoms with E-state index in [4.69, 9.17) is 15.2 Å². The highest BCUT2D eigenvalue weighted by Crippen LogP contribution is 2.46. The van der Waals surface area contributed by atoms with Gasteiger partial charge in [0.15, 0.2) is 0 Å². The first-order valence-corrected chi connectivity index (χ1v) is 9.53. The Morgan fingerprint density at radius 2 is 2.07 bits per heavy atom. The first-order valence-electron chi connectivity index (χ1n) is 9.53. The van der Waals surface area contributed by atoms with Crippen molar-refractivity contribution in [1.29, 1.82) is 0 Å². The molecular formula is C22H21N3O3. The number of fused-ring (bicyclic) bond motifs is 1. The molecule has 142 valence electrons. The third kappa shape index (κ3) is 2.27. The number of aryl methyl sites for hydroxylation is 3. The average Bonchev–Trinajstić information content (AvgIpc) is 3.26. The number of ether oxygens (including phenoxy) is 2. The number of nitrogens with zero attached hydrogens (tertiary/aromatic N) is 1. The number of benzene rings is 2. The predicted octanol–water partition coefficient (Wildman–Crippen LogP) is 3.23. The number of carbonyl (C=O) groups excluding carboxylic acids is 1. The number of hydrogen-bond donors (Lipinski definition) is 2. The average molecular weight is 375 g/mol. The Morgan fingerprint density at radius 3 is 2.86 bits per heavy atom. The summed E-state index contributed by atoms with van der Waals surface area (Å²) in [6, 6.07) is 10.6. The SMILES string of the molecule is CCOC(=O)C1=C(N)Oc2n[nH]c(C)c2C1c1ccc2c3c(cccc13)CC2. The molecule has 3 N–H and O–H groups in total. The lowest BCUT2D eigenvalue weighted by Crippen LogP contribution is -2.27. The fourth-order valence-corrected chi connectivity index (χ4v) is 4.54. The van der Waals surface area contributed by atoms with Gasteiger partial charge in [-0.25, -0.2) is 4.79 Å². The van der Waals surface area contributed by atoms with E-state index in [1.165, 1.54) is 16.5 Å². The monoisotopic (exact) mass is 375 g/mol. The van der Waals surface area contributed by atoms with Crippen LogP contribution in [-0.2, 0) is 22.4 Å². The highest BCUT2D eigenvalue weighted by atomic mass is 16.5. The molecule has 1 aromatic heterocycles. The van der Waals surface area contributed by atoms with E-state index in [0.717, 1.165) is 35.0 Å². The lowest BCUT2D eigenvalue weighted by molar-refractivity contribution is -0.139. The van der Waals surface area contributed by atoms with Gasteiger partial charge in [-0.2, -0.15) is 0 Å². The molecule has 1 atom stereocenters. The van der Waals surface area contributed by atoms with Crippen LogP contribution in [0, 0.1) is 6.92 Å². The molecule has 0 saturated carbocycles. The Morgan fingerprint density at radius 1 is 1.29 bits per heavy atom. The third-order valence-corrected chi connectivity index (χ3v) is 5.73. The van der Waals surface area contributed by atoms with Gasteiger partial charge in [0.1, 0.15) is 5.57 Å². The number of carbonyl (C=O) groups is 1. The number of nitrogens with two attached hydrogens (primary N) is 1. The van der Waals surface area contributed by atoms with Crippen LogP contribution in [0.4, 0.5) is 0 Å². The summed E-state index contributed by atoms with van der Waals surface area (Å²) in [6.45, 7) is 3.97. The zero-order valence-electron chi connectivity index (χ0n) is 15.8. The van der Waals surface area contributed by atoms with Gasteiger partial charge in [-0.15, -0.1) is 5.10 Å². The molecule has 0 amide bonds. The fraction of sp³-hybridized carbons (Fsp3) is 0.273. The summed E-state index contributed by atoms with van der Waals surface area (Å²) >= 11 is 0. The molecule has 6 heteroatoms. The highest BCUT2D eigenvalue weighted by molar-refractivity contribution is 5.98. The maximum absolute atomic E-state index is 12.8. The molecule has 1 aliphatic heterocycles. The summed E-state index contributed by atoms with van der Waals surface area (Å²) in [5.41, 5.74) is 11.9. The van der Waals surface area contributed by atoms with Crippen LogP contribution < -0.4 is 10.5 Å². The minimum Gasteiger partial charge on any atom is -0.462 e. The summed E-state index contributed by atoms with van der Waals surface area (Å²) in [5.74, 6) is -0.395. The molecule has 0 bridgehead atoms. The van der Waals surface area contributed by atoms with Gasteiger partial charge in [-0.3, -0.25) is 5.10 Å². The molecule has 6 nitrogen and oxygen atoms in total. The quantitative estimate of drug-likeness (QED) is 0.686. The van der Waals surface area contributed by atoms with E-state index in [2.05, 4.69) is 40.5 Å². The van der Waals surface area contributed by atoms with Gasteiger partial charge >= 0.3 is 5.97 Å². The van der Waals surface area contributed by atoms with Crippen LogP contribution in [0.2, 0.25) is 0 Å². The van der Waals surface area contributed by atoms with Crippen molar-refractivity contribution in [3.63, 3.8) is 0 Å². The predicted molar refractivity (Wildman–Crippen MR) is 105 cm³/mol. The summed E-state index contributed by atoms with van der Waals surface area (Å²) < 4.78 is 11.0. The standard InChI is InChI=1S/C22H21N3O3/c1-3-27-22(26)19-18(16-11(2)24-25-21(16)28-20(19)23)15-10-9-13-8-7-12-5-4-6-14(15)17(12)13/h4-6,9-10,18H,3,7-8,23H2,1-2H3,(H,24,25). The second kappa shape index (κ2) is 6.12. The van der Waals surface area contributed by atoms with Crippen molar-refractivity contribution in [3.8, 4) is 5.88 Å². The van der Waals surface area contributed by atoms with Gasteiger partial charge in [0, 0.05) is 11.3 Å². The van der Waals surface area contributed by atoms with Crippen molar-refractivity contribution < 1.29 is 14.3 Å². The van der Waals surface area contributed by atoms with Crippen molar-refractivity contribution in [1.82, 2.24) is 10.2 Å². The summed E-state index contributed by atoms with van der Waals surface area (Å²) in [5, 5.41) is 9.63. The Kier molecular flexibility index (Phi) is 3.69. The van der Waals surface area contributed by atoms with Gasteiger partial charge in [-0.1, -0.05) is 30.3 Å².